The number of ether oxygens (including phenoxy) is 1. The summed E-state index contributed by atoms with van der Waals surface area (Å²) in [5.74, 6) is -0.732. The lowest BCUT2D eigenvalue weighted by molar-refractivity contribution is -0.137. The Morgan fingerprint density at radius 1 is 1.02 bits per heavy atom. The number of hydrazone groups is 1. The maximum Gasteiger partial charge on any atom is 0.417 e. The van der Waals surface area contributed by atoms with Crippen LogP contribution in [0.5, 0.6) is 0 Å². The van der Waals surface area contributed by atoms with E-state index < -0.39 is 50.9 Å². The van der Waals surface area contributed by atoms with Crippen LogP contribution in [0.15, 0.2) is 93.3 Å². The molecule has 0 spiro atoms. The third-order valence-electron chi connectivity index (χ3n) is 6.13. The number of hydrogen-bond acceptors (Lipinski definition) is 7. The van der Waals surface area contributed by atoms with Crippen LogP contribution in [-0.2, 0) is 25.7 Å². The van der Waals surface area contributed by atoms with Crippen molar-refractivity contribution in [3.63, 3.8) is 0 Å². The zero-order valence-corrected chi connectivity index (χ0v) is 24.8. The second-order valence-electron chi connectivity index (χ2n) is 9.28. The maximum absolute atomic E-state index is 13.6. The largest absolute Gasteiger partial charge is 0.462 e. The standard InChI is InChI=1S/C30H25ClF3N3O6S/c1-3-42-29(39)21-8-6-20(7-9-21)27-15-11-23(43-27)17-35-36-28(38)18-37(44(40,41)24-12-4-19(2)5-13-24)22-10-14-26(31)25(16-22)30(32,33)34/h4-17H,3,18H2,1-2H3,(H,36,38)/b35-17-. The summed E-state index contributed by atoms with van der Waals surface area (Å²) >= 11 is 5.72. The van der Waals surface area contributed by atoms with Crippen molar-refractivity contribution < 1.29 is 40.3 Å². The van der Waals surface area contributed by atoms with Crippen LogP contribution < -0.4 is 9.73 Å². The highest BCUT2D eigenvalue weighted by atomic mass is 35.5. The van der Waals surface area contributed by atoms with Crippen molar-refractivity contribution in [2.45, 2.75) is 24.9 Å². The fourth-order valence-corrected chi connectivity index (χ4v) is 5.57. The van der Waals surface area contributed by atoms with Gasteiger partial charge in [-0.25, -0.2) is 18.6 Å². The van der Waals surface area contributed by atoms with E-state index in [1.54, 1.807) is 50.2 Å². The van der Waals surface area contributed by atoms with Crippen LogP contribution in [0.2, 0.25) is 5.02 Å². The number of nitrogens with zero attached hydrogens (tertiary/aromatic N) is 2. The molecule has 0 fully saturated rings. The number of anilines is 1. The molecule has 0 aliphatic carbocycles. The van der Waals surface area contributed by atoms with Crippen LogP contribution in [-0.4, -0.2) is 39.7 Å². The van der Waals surface area contributed by atoms with Gasteiger partial charge in [0.15, 0.2) is 0 Å². The number of nitrogens with one attached hydrogen (secondary N) is 1. The summed E-state index contributed by atoms with van der Waals surface area (Å²) in [6, 6.07) is 17.8. The molecule has 0 radical (unpaired) electrons. The Kier molecular flexibility index (Phi) is 9.80. The molecule has 0 saturated heterocycles. The van der Waals surface area contributed by atoms with Crippen LogP contribution in [0.25, 0.3) is 11.3 Å². The molecule has 44 heavy (non-hydrogen) atoms. The van der Waals surface area contributed by atoms with Gasteiger partial charge in [0.05, 0.1) is 39.6 Å². The van der Waals surface area contributed by atoms with E-state index in [9.17, 15) is 31.2 Å². The van der Waals surface area contributed by atoms with E-state index in [1.807, 2.05) is 0 Å². The monoisotopic (exact) mass is 647 g/mol. The van der Waals surface area contributed by atoms with Crippen molar-refractivity contribution in [1.29, 1.82) is 0 Å². The Morgan fingerprint density at radius 2 is 1.70 bits per heavy atom. The molecule has 1 aromatic heterocycles. The zero-order valence-electron chi connectivity index (χ0n) is 23.3. The third-order valence-corrected chi connectivity index (χ3v) is 8.25. The molecule has 1 heterocycles. The molecule has 1 amide bonds. The molecule has 0 aliphatic rings. The van der Waals surface area contributed by atoms with Gasteiger partial charge in [-0.1, -0.05) is 41.4 Å². The zero-order chi connectivity index (χ0) is 32.1. The number of sulfonamides is 1. The van der Waals surface area contributed by atoms with Crippen molar-refractivity contribution >= 4 is 45.4 Å². The number of carbonyl (C=O) groups excluding carboxylic acids is 2. The molecule has 0 atom stereocenters. The number of alkyl halides is 3. The molecule has 0 bridgehead atoms. The Balaban J connectivity index is 1.52. The second kappa shape index (κ2) is 13.3. The van der Waals surface area contributed by atoms with Crippen LogP contribution in [0.3, 0.4) is 0 Å². The lowest BCUT2D eigenvalue weighted by Gasteiger charge is -2.25. The molecule has 0 unspecified atom stereocenters. The molecule has 0 saturated carbocycles. The predicted molar refractivity (Wildman–Crippen MR) is 158 cm³/mol. The first-order chi connectivity index (χ1) is 20.8. The average Bonchev–Trinajstić information content (AvgIpc) is 3.45. The maximum atomic E-state index is 13.6. The Hall–Kier alpha value is -4.62. The molecule has 14 heteroatoms. The smallest absolute Gasteiger partial charge is 0.417 e. The number of hydrogen-bond donors (Lipinski definition) is 1. The second-order valence-corrected chi connectivity index (χ2v) is 11.5. The van der Waals surface area contributed by atoms with Crippen molar-refractivity contribution in [2.75, 3.05) is 17.5 Å². The molecule has 230 valence electrons. The number of halogens is 4. The number of amides is 1. The lowest BCUT2D eigenvalue weighted by atomic mass is 10.1. The fourth-order valence-electron chi connectivity index (χ4n) is 3.93. The SMILES string of the molecule is CCOC(=O)c1ccc(-c2ccc(/C=N\NC(=O)CN(c3ccc(Cl)c(C(F)(F)F)c3)S(=O)(=O)c3ccc(C)cc3)o2)cc1. The molecular weight excluding hydrogens is 623 g/mol. The van der Waals surface area contributed by atoms with Gasteiger partial charge < -0.3 is 9.15 Å². The van der Waals surface area contributed by atoms with E-state index in [-0.39, 0.29) is 17.3 Å². The Bertz CT molecular complexity index is 1790. The number of aryl methyl sites for hydroxylation is 1. The topological polar surface area (TPSA) is 118 Å². The van der Waals surface area contributed by atoms with E-state index in [0.29, 0.717) is 27.3 Å². The highest BCUT2D eigenvalue weighted by molar-refractivity contribution is 7.92. The molecular formula is C30H25ClF3N3O6S. The van der Waals surface area contributed by atoms with Crippen molar-refractivity contribution in [3.8, 4) is 11.3 Å². The number of benzene rings is 3. The van der Waals surface area contributed by atoms with Crippen LogP contribution in [0.4, 0.5) is 18.9 Å². The fraction of sp³-hybridized carbons (Fsp3) is 0.167. The first-order valence-electron chi connectivity index (χ1n) is 12.9. The van der Waals surface area contributed by atoms with E-state index >= 15 is 0 Å². The highest BCUT2D eigenvalue weighted by Gasteiger charge is 2.35. The van der Waals surface area contributed by atoms with Crippen molar-refractivity contribution in [3.05, 3.63) is 106 Å². The minimum atomic E-state index is -4.87. The van der Waals surface area contributed by atoms with Crippen LogP contribution in [0, 0.1) is 6.92 Å². The van der Waals surface area contributed by atoms with Gasteiger partial charge in [-0.15, -0.1) is 0 Å². The van der Waals surface area contributed by atoms with Gasteiger partial charge in [-0.05, 0) is 68.4 Å². The number of furan rings is 1. The predicted octanol–water partition coefficient (Wildman–Crippen LogP) is 6.45. The van der Waals surface area contributed by atoms with E-state index in [1.165, 1.54) is 24.3 Å². The summed E-state index contributed by atoms with van der Waals surface area (Å²) in [7, 11) is -4.49. The van der Waals surface area contributed by atoms with Crippen LogP contribution in [0.1, 0.15) is 34.2 Å². The van der Waals surface area contributed by atoms with Gasteiger partial charge in [-0.2, -0.15) is 18.3 Å². The summed E-state index contributed by atoms with van der Waals surface area (Å²) in [4.78, 5) is 24.4. The van der Waals surface area contributed by atoms with Gasteiger partial charge in [0.25, 0.3) is 15.9 Å². The summed E-state index contributed by atoms with van der Waals surface area (Å²) in [5, 5.41) is 3.16. The quantitative estimate of drug-likeness (QED) is 0.120. The third kappa shape index (κ3) is 7.66. The lowest BCUT2D eigenvalue weighted by Crippen LogP contribution is -2.39. The first kappa shape index (κ1) is 32.3. The first-order valence-corrected chi connectivity index (χ1v) is 14.8. The van der Waals surface area contributed by atoms with Gasteiger partial charge in [0.1, 0.15) is 18.1 Å². The van der Waals surface area contributed by atoms with E-state index in [2.05, 4.69) is 10.5 Å². The molecule has 1 N–H and O–H groups in total. The molecule has 3 aromatic carbocycles. The summed E-state index contributed by atoms with van der Waals surface area (Å²) in [6.07, 6.45) is -3.71. The summed E-state index contributed by atoms with van der Waals surface area (Å²) in [6.45, 7) is 2.79. The number of carbonyl (C=O) groups is 2. The van der Waals surface area contributed by atoms with Gasteiger partial charge in [0, 0.05) is 5.56 Å². The van der Waals surface area contributed by atoms with Gasteiger partial charge >= 0.3 is 12.1 Å². The summed E-state index contributed by atoms with van der Waals surface area (Å²) < 4.78 is 78.9. The Morgan fingerprint density at radius 3 is 2.34 bits per heavy atom. The molecule has 0 aliphatic heterocycles. The van der Waals surface area contributed by atoms with Crippen molar-refractivity contribution in [1.82, 2.24) is 5.43 Å². The number of rotatable bonds is 10. The normalized spacial score (nSPS) is 11.9. The highest BCUT2D eigenvalue weighted by Crippen LogP contribution is 2.38. The van der Waals surface area contributed by atoms with Gasteiger partial charge in [0.2, 0.25) is 0 Å². The van der Waals surface area contributed by atoms with E-state index in [0.717, 1.165) is 23.9 Å². The van der Waals surface area contributed by atoms with Gasteiger partial charge in [-0.3, -0.25) is 9.10 Å². The van der Waals surface area contributed by atoms with E-state index in [4.69, 9.17) is 20.8 Å². The average molecular weight is 648 g/mol. The minimum Gasteiger partial charge on any atom is -0.462 e. The van der Waals surface area contributed by atoms with Crippen molar-refractivity contribution in [2.24, 2.45) is 5.10 Å². The van der Waals surface area contributed by atoms with Crippen LogP contribution >= 0.6 is 11.6 Å². The minimum absolute atomic E-state index is 0.228. The molecule has 9 nitrogen and oxygen atoms in total. The molecule has 4 rings (SSSR count). The molecule has 4 aromatic rings. The number of esters is 1. The Labute approximate surface area is 255 Å². The summed E-state index contributed by atoms with van der Waals surface area (Å²) in [5.41, 5.74) is 2.26.